The summed E-state index contributed by atoms with van der Waals surface area (Å²) in [5, 5.41) is 0. The molecule has 2 rings (SSSR count). The van der Waals surface area contributed by atoms with E-state index in [-0.39, 0.29) is 0 Å². The predicted octanol–water partition coefficient (Wildman–Crippen LogP) is 2.57. The van der Waals surface area contributed by atoms with Gasteiger partial charge in [-0.3, -0.25) is 4.90 Å². The van der Waals surface area contributed by atoms with E-state index in [0.717, 1.165) is 25.1 Å². The van der Waals surface area contributed by atoms with Gasteiger partial charge in [0.05, 0.1) is 7.11 Å². The van der Waals surface area contributed by atoms with Crippen molar-refractivity contribution < 1.29 is 4.74 Å². The van der Waals surface area contributed by atoms with Crippen molar-refractivity contribution in [2.75, 3.05) is 26.7 Å². The summed E-state index contributed by atoms with van der Waals surface area (Å²) in [6.45, 7) is 3.17. The molecule has 1 saturated heterocycles. The second-order valence-corrected chi connectivity index (χ2v) is 4.93. The third-order valence-electron chi connectivity index (χ3n) is 3.76. The van der Waals surface area contributed by atoms with Gasteiger partial charge in [-0.15, -0.1) is 0 Å². The lowest BCUT2D eigenvalue weighted by Crippen LogP contribution is -2.26. The number of nitrogens with zero attached hydrogens (tertiary/aromatic N) is 1. The quantitative estimate of drug-likeness (QED) is 0.841. The van der Waals surface area contributed by atoms with E-state index >= 15 is 0 Å². The number of para-hydroxylation sites is 1. The minimum Gasteiger partial charge on any atom is -0.496 e. The summed E-state index contributed by atoms with van der Waals surface area (Å²) in [6.07, 6.45) is 4.82. The number of hydrogen-bond acceptors (Lipinski definition) is 3. The van der Waals surface area contributed by atoms with Gasteiger partial charge >= 0.3 is 0 Å². The molecule has 0 aromatic heterocycles. The highest BCUT2D eigenvalue weighted by Gasteiger charge is 2.25. The average Bonchev–Trinajstić information content (AvgIpc) is 2.94. The van der Waals surface area contributed by atoms with E-state index in [0.29, 0.717) is 6.04 Å². The summed E-state index contributed by atoms with van der Waals surface area (Å²) < 4.78 is 5.51. The average molecular weight is 248 g/mol. The van der Waals surface area contributed by atoms with Crippen molar-refractivity contribution in [3.63, 3.8) is 0 Å². The zero-order valence-electron chi connectivity index (χ0n) is 11.3. The predicted molar refractivity (Wildman–Crippen MR) is 74.8 cm³/mol. The van der Waals surface area contributed by atoms with Gasteiger partial charge in [-0.25, -0.2) is 0 Å². The standard InChI is InChI=1S/C15H24N2O/c1-18-15-9-3-2-7-13(15)14(8-6-10-16)17-11-4-5-12-17/h2-3,7,9,14H,4-6,8,10-12,16H2,1H3. The van der Waals surface area contributed by atoms with E-state index in [4.69, 9.17) is 10.5 Å². The van der Waals surface area contributed by atoms with Crippen LogP contribution in [0.4, 0.5) is 0 Å². The number of hydrogen-bond donors (Lipinski definition) is 1. The van der Waals surface area contributed by atoms with Crippen LogP contribution in [0.3, 0.4) is 0 Å². The summed E-state index contributed by atoms with van der Waals surface area (Å²) >= 11 is 0. The topological polar surface area (TPSA) is 38.5 Å². The van der Waals surface area contributed by atoms with E-state index in [1.54, 1.807) is 7.11 Å². The third kappa shape index (κ3) is 3.03. The molecule has 0 spiro atoms. The maximum Gasteiger partial charge on any atom is 0.123 e. The summed E-state index contributed by atoms with van der Waals surface area (Å²) in [6, 6.07) is 8.85. The van der Waals surface area contributed by atoms with E-state index in [1.165, 1.54) is 31.5 Å². The van der Waals surface area contributed by atoms with E-state index in [9.17, 15) is 0 Å². The Morgan fingerprint density at radius 2 is 2.00 bits per heavy atom. The molecule has 100 valence electrons. The van der Waals surface area contributed by atoms with Crippen LogP contribution >= 0.6 is 0 Å². The van der Waals surface area contributed by atoms with Gasteiger partial charge in [0.15, 0.2) is 0 Å². The molecule has 3 heteroatoms. The van der Waals surface area contributed by atoms with Crippen molar-refractivity contribution in [1.82, 2.24) is 4.90 Å². The molecular weight excluding hydrogens is 224 g/mol. The molecule has 1 heterocycles. The fourth-order valence-electron chi connectivity index (χ4n) is 2.84. The highest BCUT2D eigenvalue weighted by molar-refractivity contribution is 5.36. The number of rotatable bonds is 6. The van der Waals surface area contributed by atoms with E-state index in [1.807, 2.05) is 6.07 Å². The third-order valence-corrected chi connectivity index (χ3v) is 3.76. The number of nitrogens with two attached hydrogens (primary N) is 1. The zero-order valence-corrected chi connectivity index (χ0v) is 11.3. The smallest absolute Gasteiger partial charge is 0.123 e. The molecule has 1 aromatic carbocycles. The van der Waals surface area contributed by atoms with Crippen LogP contribution in [0.2, 0.25) is 0 Å². The molecular formula is C15H24N2O. The first-order valence-corrected chi connectivity index (χ1v) is 6.94. The van der Waals surface area contributed by atoms with Crippen LogP contribution in [0.1, 0.15) is 37.3 Å². The van der Waals surface area contributed by atoms with Crippen LogP contribution in [0, 0.1) is 0 Å². The molecule has 1 aromatic rings. The number of benzene rings is 1. The molecule has 3 nitrogen and oxygen atoms in total. The lowest BCUT2D eigenvalue weighted by Gasteiger charge is -2.29. The largest absolute Gasteiger partial charge is 0.496 e. The van der Waals surface area contributed by atoms with Crippen molar-refractivity contribution in [2.24, 2.45) is 5.73 Å². The maximum atomic E-state index is 5.67. The molecule has 1 atom stereocenters. The normalized spacial score (nSPS) is 17.9. The molecule has 1 unspecified atom stereocenters. The van der Waals surface area contributed by atoms with Gasteiger partial charge < -0.3 is 10.5 Å². The zero-order chi connectivity index (χ0) is 12.8. The monoisotopic (exact) mass is 248 g/mol. The first-order valence-electron chi connectivity index (χ1n) is 6.94. The number of ether oxygens (including phenoxy) is 1. The Labute approximate surface area is 110 Å². The van der Waals surface area contributed by atoms with Crippen molar-refractivity contribution >= 4 is 0 Å². The van der Waals surface area contributed by atoms with Crippen LogP contribution in [0.25, 0.3) is 0 Å². The molecule has 0 saturated carbocycles. The first kappa shape index (κ1) is 13.4. The van der Waals surface area contributed by atoms with Crippen molar-refractivity contribution in [2.45, 2.75) is 31.7 Å². The molecule has 1 aliphatic heterocycles. The molecule has 18 heavy (non-hydrogen) atoms. The minimum absolute atomic E-state index is 0.465. The molecule has 0 radical (unpaired) electrons. The maximum absolute atomic E-state index is 5.67. The summed E-state index contributed by atoms with van der Waals surface area (Å²) in [5.74, 6) is 1.01. The highest BCUT2D eigenvalue weighted by Crippen LogP contribution is 2.34. The van der Waals surface area contributed by atoms with Crippen LogP contribution in [0.15, 0.2) is 24.3 Å². The van der Waals surface area contributed by atoms with Crippen LogP contribution in [-0.2, 0) is 0 Å². The van der Waals surface area contributed by atoms with E-state index in [2.05, 4.69) is 23.1 Å². The van der Waals surface area contributed by atoms with Crippen molar-refractivity contribution in [3.05, 3.63) is 29.8 Å². The lowest BCUT2D eigenvalue weighted by molar-refractivity contribution is 0.225. The molecule has 1 aliphatic rings. The highest BCUT2D eigenvalue weighted by atomic mass is 16.5. The Morgan fingerprint density at radius 1 is 1.28 bits per heavy atom. The Kier molecular flexibility index (Phi) is 5.02. The fraction of sp³-hybridized carbons (Fsp3) is 0.600. The Morgan fingerprint density at radius 3 is 2.67 bits per heavy atom. The molecule has 0 aliphatic carbocycles. The second-order valence-electron chi connectivity index (χ2n) is 4.93. The Balaban J connectivity index is 2.20. The first-order chi connectivity index (χ1) is 8.86. The summed E-state index contributed by atoms with van der Waals surface area (Å²) in [5.41, 5.74) is 6.99. The van der Waals surface area contributed by atoms with Gasteiger partial charge in [0, 0.05) is 11.6 Å². The van der Waals surface area contributed by atoms with Gasteiger partial charge in [0.2, 0.25) is 0 Å². The SMILES string of the molecule is COc1ccccc1C(CCCN)N1CCCC1. The van der Waals surface area contributed by atoms with Crippen LogP contribution < -0.4 is 10.5 Å². The molecule has 1 fully saturated rings. The minimum atomic E-state index is 0.465. The number of likely N-dealkylation sites (tertiary alicyclic amines) is 1. The van der Waals surface area contributed by atoms with Gasteiger partial charge in [-0.2, -0.15) is 0 Å². The van der Waals surface area contributed by atoms with Crippen LogP contribution in [-0.4, -0.2) is 31.6 Å². The van der Waals surface area contributed by atoms with Gasteiger partial charge in [-0.1, -0.05) is 18.2 Å². The van der Waals surface area contributed by atoms with Gasteiger partial charge in [0.1, 0.15) is 5.75 Å². The molecule has 2 N–H and O–H groups in total. The molecule has 0 bridgehead atoms. The molecule has 0 amide bonds. The lowest BCUT2D eigenvalue weighted by atomic mass is 9.99. The van der Waals surface area contributed by atoms with Crippen molar-refractivity contribution in [3.8, 4) is 5.75 Å². The number of methoxy groups -OCH3 is 1. The Bertz CT molecular complexity index is 361. The fourth-order valence-corrected chi connectivity index (χ4v) is 2.84. The van der Waals surface area contributed by atoms with Crippen LogP contribution in [0.5, 0.6) is 5.75 Å². The Hall–Kier alpha value is -1.06. The van der Waals surface area contributed by atoms with Gasteiger partial charge in [0.25, 0.3) is 0 Å². The second kappa shape index (κ2) is 6.76. The van der Waals surface area contributed by atoms with E-state index < -0.39 is 0 Å². The van der Waals surface area contributed by atoms with Gasteiger partial charge in [-0.05, 0) is 51.4 Å². The van der Waals surface area contributed by atoms with Crippen molar-refractivity contribution in [1.29, 1.82) is 0 Å². The summed E-state index contributed by atoms with van der Waals surface area (Å²) in [7, 11) is 1.75. The summed E-state index contributed by atoms with van der Waals surface area (Å²) in [4.78, 5) is 2.58.